The molecule has 0 aliphatic carbocycles. The summed E-state index contributed by atoms with van der Waals surface area (Å²) < 4.78 is 42.8. The van der Waals surface area contributed by atoms with Crippen molar-refractivity contribution >= 4 is 23.5 Å². The molecular formula is C14H12F3N5O3. The number of H-pyrrole nitrogens is 1. The van der Waals surface area contributed by atoms with Gasteiger partial charge < -0.3 is 4.74 Å². The van der Waals surface area contributed by atoms with Crippen LogP contribution in [0.2, 0.25) is 0 Å². The number of alkyl halides is 3. The molecule has 2 N–H and O–H groups in total. The minimum Gasteiger partial charge on any atom is -0.479 e. The highest BCUT2D eigenvalue weighted by atomic mass is 19.4. The van der Waals surface area contributed by atoms with E-state index in [1.54, 1.807) is 29.4 Å². The number of para-hydroxylation sites is 2. The Morgan fingerprint density at radius 1 is 1.40 bits per heavy atom. The van der Waals surface area contributed by atoms with Gasteiger partial charge in [-0.2, -0.15) is 18.2 Å². The van der Waals surface area contributed by atoms with Crippen LogP contribution in [-0.4, -0.2) is 39.6 Å². The normalized spacial score (nSPS) is 17.0. The molecule has 0 spiro atoms. The summed E-state index contributed by atoms with van der Waals surface area (Å²) in [4.78, 5) is 28.7. The Labute approximate surface area is 139 Å². The number of hydrogen-bond donors (Lipinski definition) is 2. The van der Waals surface area contributed by atoms with Crippen molar-refractivity contribution in [3.8, 4) is 5.75 Å². The Kier molecular flexibility index (Phi) is 4.07. The summed E-state index contributed by atoms with van der Waals surface area (Å²) in [6.45, 7) is 1.12. The van der Waals surface area contributed by atoms with Crippen LogP contribution in [0.4, 0.5) is 24.8 Å². The van der Waals surface area contributed by atoms with Crippen LogP contribution in [0.15, 0.2) is 24.3 Å². The molecule has 1 aliphatic rings. The van der Waals surface area contributed by atoms with Crippen LogP contribution in [0.1, 0.15) is 12.7 Å². The molecule has 0 bridgehead atoms. The number of benzene rings is 1. The standard InChI is InChI=1S/C14H12F3N5O3/c1-7-11(24)22(8-4-2-3-5-9(8)25-7)6-10(23)18-13-19-12(20-21-13)14(15,16)17/h2-5,7H,6H2,1H3,(H2,18,19,20,21,23). The lowest BCUT2D eigenvalue weighted by molar-refractivity contribution is -0.144. The maximum Gasteiger partial charge on any atom is 0.451 e. The largest absolute Gasteiger partial charge is 0.479 e. The number of carbonyl (C=O) groups excluding carboxylic acids is 2. The fourth-order valence-electron chi connectivity index (χ4n) is 2.27. The number of hydrogen-bond acceptors (Lipinski definition) is 5. The van der Waals surface area contributed by atoms with Gasteiger partial charge in [0.2, 0.25) is 17.7 Å². The number of rotatable bonds is 3. The fraction of sp³-hybridized carbons (Fsp3) is 0.286. The monoisotopic (exact) mass is 355 g/mol. The van der Waals surface area contributed by atoms with E-state index < -0.39 is 42.4 Å². The number of fused-ring (bicyclic) bond motifs is 1. The molecule has 1 aliphatic heterocycles. The molecule has 1 aromatic carbocycles. The number of aromatic nitrogens is 3. The van der Waals surface area contributed by atoms with Crippen LogP contribution in [-0.2, 0) is 15.8 Å². The Balaban J connectivity index is 1.74. The van der Waals surface area contributed by atoms with Crippen molar-refractivity contribution in [2.45, 2.75) is 19.2 Å². The molecule has 2 aromatic rings. The highest BCUT2D eigenvalue weighted by Gasteiger charge is 2.36. The molecule has 25 heavy (non-hydrogen) atoms. The van der Waals surface area contributed by atoms with Crippen LogP contribution in [0.25, 0.3) is 0 Å². The topological polar surface area (TPSA) is 100 Å². The summed E-state index contributed by atoms with van der Waals surface area (Å²) in [5, 5.41) is 7.08. The van der Waals surface area contributed by atoms with Gasteiger partial charge in [-0.1, -0.05) is 12.1 Å². The smallest absolute Gasteiger partial charge is 0.451 e. The van der Waals surface area contributed by atoms with E-state index >= 15 is 0 Å². The van der Waals surface area contributed by atoms with Crippen molar-refractivity contribution < 1.29 is 27.5 Å². The average Bonchev–Trinajstić information content (AvgIpc) is 3.00. The lowest BCUT2D eigenvalue weighted by Gasteiger charge is -2.32. The molecule has 8 nitrogen and oxygen atoms in total. The van der Waals surface area contributed by atoms with E-state index in [1.165, 1.54) is 11.8 Å². The van der Waals surface area contributed by atoms with E-state index in [9.17, 15) is 22.8 Å². The molecule has 1 unspecified atom stereocenters. The summed E-state index contributed by atoms with van der Waals surface area (Å²) in [5.41, 5.74) is 0.395. The van der Waals surface area contributed by atoms with Gasteiger partial charge in [0.15, 0.2) is 6.10 Å². The van der Waals surface area contributed by atoms with E-state index in [4.69, 9.17) is 4.74 Å². The summed E-state index contributed by atoms with van der Waals surface area (Å²) >= 11 is 0. The Morgan fingerprint density at radius 2 is 2.12 bits per heavy atom. The van der Waals surface area contributed by atoms with Crippen molar-refractivity contribution in [3.05, 3.63) is 30.1 Å². The zero-order valence-corrected chi connectivity index (χ0v) is 12.8. The molecule has 0 radical (unpaired) electrons. The van der Waals surface area contributed by atoms with E-state index in [-0.39, 0.29) is 0 Å². The van der Waals surface area contributed by atoms with Gasteiger partial charge in [-0.25, -0.2) is 0 Å². The highest BCUT2D eigenvalue weighted by molar-refractivity contribution is 6.05. The summed E-state index contributed by atoms with van der Waals surface area (Å²) in [5.74, 6) is -2.62. The number of halogens is 3. The van der Waals surface area contributed by atoms with Gasteiger partial charge in [-0.05, 0) is 19.1 Å². The molecule has 0 fully saturated rings. The third-order valence-corrected chi connectivity index (χ3v) is 3.38. The quantitative estimate of drug-likeness (QED) is 0.871. The van der Waals surface area contributed by atoms with Gasteiger partial charge in [-0.3, -0.25) is 24.9 Å². The van der Waals surface area contributed by atoms with Crippen LogP contribution < -0.4 is 15.0 Å². The minimum atomic E-state index is -4.70. The number of nitrogens with one attached hydrogen (secondary N) is 2. The number of aromatic amines is 1. The molecule has 132 valence electrons. The summed E-state index contributed by atoms with van der Waals surface area (Å²) in [6.07, 6.45) is -5.49. The van der Waals surface area contributed by atoms with Crippen molar-refractivity contribution in [2.24, 2.45) is 0 Å². The lowest BCUT2D eigenvalue weighted by Crippen LogP contribution is -2.47. The van der Waals surface area contributed by atoms with Gasteiger partial charge in [0, 0.05) is 0 Å². The SMILES string of the molecule is CC1Oc2ccccc2N(CC(=O)Nc2n[nH]c(C(F)(F)F)n2)C1=O. The average molecular weight is 355 g/mol. The Bertz CT molecular complexity index is 820. The van der Waals surface area contributed by atoms with Gasteiger partial charge in [-0.15, -0.1) is 5.10 Å². The first-order valence-corrected chi connectivity index (χ1v) is 7.12. The summed E-state index contributed by atoms with van der Waals surface area (Å²) in [7, 11) is 0. The highest BCUT2D eigenvalue weighted by Crippen LogP contribution is 2.33. The van der Waals surface area contributed by atoms with Crippen LogP contribution >= 0.6 is 0 Å². The van der Waals surface area contributed by atoms with Crippen LogP contribution in [0.5, 0.6) is 5.75 Å². The number of nitrogens with zero attached hydrogens (tertiary/aromatic N) is 3. The molecule has 1 aromatic heterocycles. The summed E-state index contributed by atoms with van der Waals surface area (Å²) in [6, 6.07) is 6.63. The fourth-order valence-corrected chi connectivity index (χ4v) is 2.27. The van der Waals surface area contributed by atoms with E-state index in [0.717, 1.165) is 0 Å². The molecule has 0 saturated heterocycles. The van der Waals surface area contributed by atoms with Gasteiger partial charge in [0.1, 0.15) is 12.3 Å². The third-order valence-electron chi connectivity index (χ3n) is 3.38. The van der Waals surface area contributed by atoms with E-state index in [2.05, 4.69) is 15.4 Å². The zero-order chi connectivity index (χ0) is 18.2. The number of anilines is 2. The zero-order valence-electron chi connectivity index (χ0n) is 12.8. The van der Waals surface area contributed by atoms with Crippen molar-refractivity contribution in [1.82, 2.24) is 15.2 Å². The molecule has 2 heterocycles. The number of amides is 2. The second-order valence-electron chi connectivity index (χ2n) is 5.21. The van der Waals surface area contributed by atoms with Crippen molar-refractivity contribution in [2.75, 3.05) is 16.8 Å². The second-order valence-corrected chi connectivity index (χ2v) is 5.21. The first-order chi connectivity index (χ1) is 11.8. The first-order valence-electron chi connectivity index (χ1n) is 7.12. The Morgan fingerprint density at radius 3 is 2.80 bits per heavy atom. The van der Waals surface area contributed by atoms with Crippen molar-refractivity contribution in [3.63, 3.8) is 0 Å². The van der Waals surface area contributed by atoms with Crippen LogP contribution in [0.3, 0.4) is 0 Å². The lowest BCUT2D eigenvalue weighted by atomic mass is 10.2. The van der Waals surface area contributed by atoms with E-state index in [0.29, 0.717) is 11.4 Å². The molecule has 3 rings (SSSR count). The van der Waals surface area contributed by atoms with E-state index in [1.807, 2.05) is 0 Å². The second kappa shape index (κ2) is 6.07. The molecule has 11 heteroatoms. The van der Waals surface area contributed by atoms with Gasteiger partial charge in [0.25, 0.3) is 5.91 Å². The third kappa shape index (κ3) is 3.39. The molecule has 1 atom stereocenters. The molecular weight excluding hydrogens is 343 g/mol. The Hall–Kier alpha value is -3.11. The van der Waals surface area contributed by atoms with Gasteiger partial charge in [0.05, 0.1) is 5.69 Å². The predicted octanol–water partition coefficient (Wildman–Crippen LogP) is 1.58. The molecule has 0 saturated carbocycles. The number of carbonyl (C=O) groups is 2. The maximum atomic E-state index is 12.5. The predicted molar refractivity (Wildman–Crippen MR) is 78.9 cm³/mol. The first kappa shape index (κ1) is 16.7. The molecule has 2 amide bonds. The van der Waals surface area contributed by atoms with Crippen LogP contribution in [0, 0.1) is 0 Å². The minimum absolute atomic E-state index is 0.395. The van der Waals surface area contributed by atoms with Crippen molar-refractivity contribution in [1.29, 1.82) is 0 Å². The van der Waals surface area contributed by atoms with Gasteiger partial charge >= 0.3 is 6.18 Å². The number of ether oxygens (including phenoxy) is 1. The maximum absolute atomic E-state index is 12.5.